The Bertz CT molecular complexity index is 166. The maximum Gasteiger partial charge on any atom is 0.120 e. The third kappa shape index (κ3) is 6.56. The van der Waals surface area contributed by atoms with Gasteiger partial charge in [-0.3, -0.25) is 0 Å². The van der Waals surface area contributed by atoms with Crippen molar-refractivity contribution in [2.75, 3.05) is 0 Å². The van der Waals surface area contributed by atoms with Crippen LogP contribution in [0.2, 0.25) is 0 Å². The predicted octanol–water partition coefficient (Wildman–Crippen LogP) is 3.59. The van der Waals surface area contributed by atoms with E-state index in [0.29, 0.717) is 18.3 Å². The number of carbonyl (C=O) groups is 1. The van der Waals surface area contributed by atoms with Crippen molar-refractivity contribution >= 4 is 6.29 Å². The lowest BCUT2D eigenvalue weighted by molar-refractivity contribution is -0.107. The van der Waals surface area contributed by atoms with Gasteiger partial charge in [0, 0.05) is 6.42 Å². The standard InChI is InChI=1S/C12H22O/c1-10(2)7-8-12(11(3)4)6-5-9-13/h8-11H,5-7H2,1-4H3/b12-8-. The Hall–Kier alpha value is -0.590. The van der Waals surface area contributed by atoms with Gasteiger partial charge in [-0.05, 0) is 24.7 Å². The van der Waals surface area contributed by atoms with Gasteiger partial charge >= 0.3 is 0 Å². The first kappa shape index (κ1) is 12.4. The van der Waals surface area contributed by atoms with Gasteiger partial charge in [0.15, 0.2) is 0 Å². The van der Waals surface area contributed by atoms with Crippen LogP contribution in [0, 0.1) is 11.8 Å². The van der Waals surface area contributed by atoms with E-state index in [1.807, 2.05) is 0 Å². The molecule has 0 aromatic heterocycles. The van der Waals surface area contributed by atoms with Crippen LogP contribution in [-0.2, 0) is 4.79 Å². The molecule has 0 atom stereocenters. The monoisotopic (exact) mass is 182 g/mol. The van der Waals surface area contributed by atoms with E-state index in [0.717, 1.165) is 19.1 Å². The lowest BCUT2D eigenvalue weighted by Crippen LogP contribution is -1.96. The van der Waals surface area contributed by atoms with E-state index in [9.17, 15) is 4.79 Å². The summed E-state index contributed by atoms with van der Waals surface area (Å²) in [6.07, 6.45) is 6.05. The maximum absolute atomic E-state index is 10.2. The second-order valence-corrected chi connectivity index (χ2v) is 4.27. The van der Waals surface area contributed by atoms with Crippen molar-refractivity contribution < 1.29 is 4.79 Å². The average molecular weight is 182 g/mol. The number of hydrogen-bond acceptors (Lipinski definition) is 1. The lowest BCUT2D eigenvalue weighted by atomic mass is 9.96. The maximum atomic E-state index is 10.2. The van der Waals surface area contributed by atoms with Crippen LogP contribution in [0.1, 0.15) is 47.0 Å². The molecule has 0 rings (SSSR count). The molecule has 0 N–H and O–H groups in total. The van der Waals surface area contributed by atoms with Gasteiger partial charge in [0.2, 0.25) is 0 Å². The largest absolute Gasteiger partial charge is 0.303 e. The summed E-state index contributed by atoms with van der Waals surface area (Å²) in [7, 11) is 0. The van der Waals surface area contributed by atoms with Gasteiger partial charge in [0.05, 0.1) is 0 Å². The molecule has 0 spiro atoms. The highest BCUT2D eigenvalue weighted by molar-refractivity contribution is 5.49. The van der Waals surface area contributed by atoms with E-state index >= 15 is 0 Å². The lowest BCUT2D eigenvalue weighted by Gasteiger charge is -2.10. The van der Waals surface area contributed by atoms with Crippen LogP contribution in [0.25, 0.3) is 0 Å². The molecular formula is C12H22O. The van der Waals surface area contributed by atoms with Crippen LogP contribution in [-0.4, -0.2) is 6.29 Å². The molecule has 0 aromatic carbocycles. The van der Waals surface area contributed by atoms with Crippen molar-refractivity contribution in [3.63, 3.8) is 0 Å². The highest BCUT2D eigenvalue weighted by Crippen LogP contribution is 2.17. The zero-order chi connectivity index (χ0) is 10.3. The summed E-state index contributed by atoms with van der Waals surface area (Å²) >= 11 is 0. The minimum Gasteiger partial charge on any atom is -0.303 e. The van der Waals surface area contributed by atoms with Crippen LogP contribution < -0.4 is 0 Å². The number of allylic oxidation sites excluding steroid dienone is 2. The number of hydrogen-bond donors (Lipinski definition) is 0. The van der Waals surface area contributed by atoms with E-state index < -0.39 is 0 Å². The van der Waals surface area contributed by atoms with Crippen molar-refractivity contribution in [3.05, 3.63) is 11.6 Å². The van der Waals surface area contributed by atoms with Gasteiger partial charge in [0.25, 0.3) is 0 Å². The number of carbonyl (C=O) groups excluding carboxylic acids is 1. The third-order valence-corrected chi connectivity index (χ3v) is 2.14. The molecule has 0 aliphatic carbocycles. The quantitative estimate of drug-likeness (QED) is 0.453. The molecule has 0 saturated carbocycles. The van der Waals surface area contributed by atoms with E-state index in [-0.39, 0.29) is 0 Å². The van der Waals surface area contributed by atoms with Gasteiger partial charge in [0.1, 0.15) is 6.29 Å². The molecule has 76 valence electrons. The molecule has 0 radical (unpaired) electrons. The van der Waals surface area contributed by atoms with Crippen molar-refractivity contribution in [1.29, 1.82) is 0 Å². The van der Waals surface area contributed by atoms with E-state index in [1.165, 1.54) is 5.57 Å². The minimum absolute atomic E-state index is 0.582. The molecule has 0 fully saturated rings. The van der Waals surface area contributed by atoms with Crippen LogP contribution in [0.15, 0.2) is 11.6 Å². The van der Waals surface area contributed by atoms with Gasteiger partial charge in [-0.1, -0.05) is 39.3 Å². The predicted molar refractivity (Wildman–Crippen MR) is 57.7 cm³/mol. The summed E-state index contributed by atoms with van der Waals surface area (Å²) in [6, 6.07) is 0. The molecular weight excluding hydrogens is 160 g/mol. The summed E-state index contributed by atoms with van der Waals surface area (Å²) in [6.45, 7) is 8.82. The Labute approximate surface area is 82.2 Å². The second kappa shape index (κ2) is 6.88. The van der Waals surface area contributed by atoms with Crippen molar-refractivity contribution in [2.24, 2.45) is 11.8 Å². The van der Waals surface area contributed by atoms with Crippen molar-refractivity contribution in [3.8, 4) is 0 Å². The summed E-state index contributed by atoms with van der Waals surface area (Å²) in [5, 5.41) is 0. The van der Waals surface area contributed by atoms with Crippen LogP contribution in [0.5, 0.6) is 0 Å². The Morgan fingerprint density at radius 1 is 1.23 bits per heavy atom. The molecule has 1 heteroatoms. The van der Waals surface area contributed by atoms with E-state index in [4.69, 9.17) is 0 Å². The Kier molecular flexibility index (Phi) is 6.56. The summed E-state index contributed by atoms with van der Waals surface area (Å²) < 4.78 is 0. The highest BCUT2D eigenvalue weighted by atomic mass is 16.1. The number of rotatable bonds is 6. The van der Waals surface area contributed by atoms with Crippen LogP contribution >= 0.6 is 0 Å². The summed E-state index contributed by atoms with van der Waals surface area (Å²) in [5.74, 6) is 1.30. The molecule has 0 saturated heterocycles. The first-order valence-electron chi connectivity index (χ1n) is 5.20. The number of aldehydes is 1. The summed E-state index contributed by atoms with van der Waals surface area (Å²) in [4.78, 5) is 10.2. The molecule has 0 bridgehead atoms. The summed E-state index contributed by atoms with van der Waals surface area (Å²) in [5.41, 5.74) is 1.43. The van der Waals surface area contributed by atoms with Crippen molar-refractivity contribution in [1.82, 2.24) is 0 Å². The fraction of sp³-hybridized carbons (Fsp3) is 0.750. The van der Waals surface area contributed by atoms with Gasteiger partial charge in [-0.2, -0.15) is 0 Å². The molecule has 0 aliphatic heterocycles. The SMILES string of the molecule is CC(C)C/C=C(/CCC=O)C(C)C. The minimum atomic E-state index is 0.582. The molecule has 0 unspecified atom stereocenters. The first-order valence-corrected chi connectivity index (χ1v) is 5.20. The first-order chi connectivity index (χ1) is 6.07. The molecule has 0 heterocycles. The normalized spacial score (nSPS) is 12.6. The fourth-order valence-electron chi connectivity index (χ4n) is 1.24. The molecule has 1 nitrogen and oxygen atoms in total. The highest BCUT2D eigenvalue weighted by Gasteiger charge is 2.02. The zero-order valence-electron chi connectivity index (χ0n) is 9.34. The van der Waals surface area contributed by atoms with Crippen LogP contribution in [0.3, 0.4) is 0 Å². The van der Waals surface area contributed by atoms with Gasteiger partial charge < -0.3 is 4.79 Å². The molecule has 0 amide bonds. The van der Waals surface area contributed by atoms with E-state index in [1.54, 1.807) is 0 Å². The van der Waals surface area contributed by atoms with Crippen molar-refractivity contribution in [2.45, 2.75) is 47.0 Å². The second-order valence-electron chi connectivity index (χ2n) is 4.27. The van der Waals surface area contributed by atoms with Gasteiger partial charge in [-0.15, -0.1) is 0 Å². The topological polar surface area (TPSA) is 17.1 Å². The smallest absolute Gasteiger partial charge is 0.120 e. The Morgan fingerprint density at radius 2 is 1.85 bits per heavy atom. The molecule has 0 aromatic rings. The Morgan fingerprint density at radius 3 is 2.23 bits per heavy atom. The Balaban J connectivity index is 4.06. The average Bonchev–Trinajstić information content (AvgIpc) is 2.03. The molecule has 0 aliphatic rings. The van der Waals surface area contributed by atoms with E-state index in [2.05, 4.69) is 33.8 Å². The van der Waals surface area contributed by atoms with Gasteiger partial charge in [-0.25, -0.2) is 0 Å². The van der Waals surface area contributed by atoms with Crippen LogP contribution in [0.4, 0.5) is 0 Å². The zero-order valence-corrected chi connectivity index (χ0v) is 9.34. The fourth-order valence-corrected chi connectivity index (χ4v) is 1.24. The molecule has 13 heavy (non-hydrogen) atoms. The third-order valence-electron chi connectivity index (χ3n) is 2.14.